The molecule has 0 saturated carbocycles. The summed E-state index contributed by atoms with van der Waals surface area (Å²) in [6.07, 6.45) is 0.331. The maximum absolute atomic E-state index is 11.9. The van der Waals surface area contributed by atoms with E-state index < -0.39 is 41.6 Å². The number of fused-ring (bicyclic) bond motifs is 3. The topological polar surface area (TPSA) is 86.7 Å². The van der Waals surface area contributed by atoms with Gasteiger partial charge < -0.3 is 9.47 Å². The summed E-state index contributed by atoms with van der Waals surface area (Å²) in [7, 11) is 0. The summed E-state index contributed by atoms with van der Waals surface area (Å²) >= 11 is 0. The lowest BCUT2D eigenvalue weighted by Crippen LogP contribution is -2.31. The molecular formula is C16H12O6. The van der Waals surface area contributed by atoms with E-state index >= 15 is 0 Å². The van der Waals surface area contributed by atoms with Crippen molar-refractivity contribution in [3.63, 3.8) is 0 Å². The van der Waals surface area contributed by atoms with Crippen molar-refractivity contribution in [1.82, 2.24) is 0 Å². The quantitative estimate of drug-likeness (QED) is 0.569. The van der Waals surface area contributed by atoms with E-state index in [9.17, 15) is 19.2 Å². The van der Waals surface area contributed by atoms with E-state index in [-0.39, 0.29) is 12.3 Å². The van der Waals surface area contributed by atoms with Gasteiger partial charge in [-0.05, 0) is 23.5 Å². The van der Waals surface area contributed by atoms with Crippen molar-refractivity contribution in [3.8, 4) is 0 Å². The molecular weight excluding hydrogens is 288 g/mol. The highest BCUT2D eigenvalue weighted by atomic mass is 16.6. The molecule has 1 aliphatic carbocycles. The average molecular weight is 300 g/mol. The zero-order chi connectivity index (χ0) is 15.4. The number of carbonyl (C=O) groups is 4. The van der Waals surface area contributed by atoms with Gasteiger partial charge in [-0.3, -0.25) is 19.2 Å². The molecule has 6 heteroatoms. The Labute approximate surface area is 125 Å². The fourth-order valence-electron chi connectivity index (χ4n) is 3.83. The zero-order valence-corrected chi connectivity index (χ0v) is 11.5. The van der Waals surface area contributed by atoms with Crippen LogP contribution in [-0.2, 0) is 28.7 Å². The minimum absolute atomic E-state index is 0.0121. The smallest absolute Gasteiger partial charge is 0.321 e. The number of esters is 4. The molecule has 4 atom stereocenters. The number of rotatable bonds is 1. The minimum atomic E-state index is -0.604. The van der Waals surface area contributed by atoms with Gasteiger partial charge in [-0.1, -0.05) is 24.3 Å². The van der Waals surface area contributed by atoms with Crippen LogP contribution in [0.5, 0.6) is 0 Å². The molecule has 3 aliphatic rings. The Hall–Kier alpha value is -2.50. The molecule has 22 heavy (non-hydrogen) atoms. The lowest BCUT2D eigenvalue weighted by molar-refractivity contribution is -0.155. The third kappa shape index (κ3) is 1.73. The minimum Gasteiger partial charge on any atom is -0.393 e. The van der Waals surface area contributed by atoms with Gasteiger partial charge >= 0.3 is 23.9 Å². The average Bonchev–Trinajstić information content (AvgIpc) is 2.97. The monoisotopic (exact) mass is 300 g/mol. The third-order valence-corrected chi connectivity index (χ3v) is 4.79. The number of benzene rings is 1. The van der Waals surface area contributed by atoms with Gasteiger partial charge in [0.05, 0.1) is 24.2 Å². The first-order valence-electron chi connectivity index (χ1n) is 7.15. The Kier molecular flexibility index (Phi) is 2.69. The molecule has 4 rings (SSSR count). The van der Waals surface area contributed by atoms with Gasteiger partial charge in [0.15, 0.2) is 0 Å². The van der Waals surface area contributed by atoms with Crippen LogP contribution in [0.4, 0.5) is 0 Å². The van der Waals surface area contributed by atoms with Gasteiger partial charge in [-0.15, -0.1) is 0 Å². The largest absolute Gasteiger partial charge is 0.393 e. The highest BCUT2D eigenvalue weighted by Gasteiger charge is 2.53. The van der Waals surface area contributed by atoms with Crippen LogP contribution in [0.3, 0.4) is 0 Å². The van der Waals surface area contributed by atoms with Gasteiger partial charge in [0.25, 0.3) is 0 Å². The van der Waals surface area contributed by atoms with Gasteiger partial charge in [-0.2, -0.15) is 0 Å². The number of hydrogen-bond acceptors (Lipinski definition) is 6. The molecule has 0 bridgehead atoms. The maximum atomic E-state index is 11.9. The molecule has 1 aromatic rings. The van der Waals surface area contributed by atoms with Crippen LogP contribution in [0, 0.1) is 11.8 Å². The van der Waals surface area contributed by atoms with Crippen molar-refractivity contribution >= 4 is 23.9 Å². The van der Waals surface area contributed by atoms with E-state index in [4.69, 9.17) is 4.74 Å². The second-order valence-electron chi connectivity index (χ2n) is 5.90. The van der Waals surface area contributed by atoms with E-state index in [1.165, 1.54) is 0 Å². The van der Waals surface area contributed by atoms with Gasteiger partial charge in [0, 0.05) is 0 Å². The number of carbonyl (C=O) groups excluding carboxylic acids is 4. The predicted octanol–water partition coefficient (Wildman–Crippen LogP) is 1.05. The van der Waals surface area contributed by atoms with Crippen molar-refractivity contribution in [1.29, 1.82) is 0 Å². The van der Waals surface area contributed by atoms with Gasteiger partial charge in [0.2, 0.25) is 0 Å². The van der Waals surface area contributed by atoms with Crippen LogP contribution in [0.1, 0.15) is 35.8 Å². The molecule has 0 aromatic heterocycles. The van der Waals surface area contributed by atoms with Gasteiger partial charge in [0.1, 0.15) is 0 Å². The predicted molar refractivity (Wildman–Crippen MR) is 70.3 cm³/mol. The second-order valence-corrected chi connectivity index (χ2v) is 5.90. The lowest BCUT2D eigenvalue weighted by Gasteiger charge is -2.32. The Morgan fingerprint density at radius 1 is 0.773 bits per heavy atom. The summed E-state index contributed by atoms with van der Waals surface area (Å²) in [4.78, 5) is 47.1. The Morgan fingerprint density at radius 2 is 1.45 bits per heavy atom. The van der Waals surface area contributed by atoms with E-state index in [0.717, 1.165) is 5.56 Å². The first-order valence-corrected chi connectivity index (χ1v) is 7.15. The molecule has 1 aromatic carbocycles. The first kappa shape index (κ1) is 13.2. The molecule has 0 radical (unpaired) electrons. The molecule has 0 N–H and O–H groups in total. The second kappa shape index (κ2) is 4.50. The molecule has 2 saturated heterocycles. The molecule has 6 nitrogen and oxygen atoms in total. The highest BCUT2D eigenvalue weighted by Crippen LogP contribution is 2.50. The molecule has 0 amide bonds. The molecule has 112 valence electrons. The molecule has 2 aliphatic heterocycles. The van der Waals surface area contributed by atoms with Crippen LogP contribution in [0.25, 0.3) is 0 Å². The zero-order valence-electron chi connectivity index (χ0n) is 11.5. The Morgan fingerprint density at radius 3 is 2.14 bits per heavy atom. The standard InChI is InChI=1S/C16H12O6/c17-12-6-10(14(18)21-12)9-5-11-13(16(20)22-15(11)19)8-4-2-1-3-7(8)9/h1-4,9-11,13H,5-6H2/t9?,10-,11+,13?/m0/s1. The van der Waals surface area contributed by atoms with Crippen molar-refractivity contribution in [2.45, 2.75) is 24.7 Å². The summed E-state index contributed by atoms with van der Waals surface area (Å²) in [5.74, 6) is -4.28. The van der Waals surface area contributed by atoms with Gasteiger partial charge in [-0.25, -0.2) is 0 Å². The van der Waals surface area contributed by atoms with Crippen LogP contribution in [0.15, 0.2) is 24.3 Å². The van der Waals surface area contributed by atoms with E-state index in [0.29, 0.717) is 12.0 Å². The number of hydrogen-bond donors (Lipinski definition) is 0. The lowest BCUT2D eigenvalue weighted by atomic mass is 9.67. The number of cyclic esters (lactones) is 4. The first-order chi connectivity index (χ1) is 10.6. The summed E-state index contributed by atoms with van der Waals surface area (Å²) in [5, 5.41) is 0. The van der Waals surface area contributed by atoms with Crippen LogP contribution in [-0.4, -0.2) is 23.9 Å². The number of ether oxygens (including phenoxy) is 2. The van der Waals surface area contributed by atoms with E-state index in [2.05, 4.69) is 4.74 Å². The van der Waals surface area contributed by atoms with Crippen LogP contribution < -0.4 is 0 Å². The van der Waals surface area contributed by atoms with Crippen molar-refractivity contribution < 1.29 is 28.7 Å². The fourth-order valence-corrected chi connectivity index (χ4v) is 3.83. The van der Waals surface area contributed by atoms with Crippen molar-refractivity contribution in [2.24, 2.45) is 11.8 Å². The van der Waals surface area contributed by atoms with E-state index in [1.807, 2.05) is 12.1 Å². The SMILES string of the molecule is O=C1C[C@@H](C2C[C@H]3C(=O)OC(=O)C3c3ccccc32)C(=O)O1. The fraction of sp³-hybridized carbons (Fsp3) is 0.375. The molecule has 2 unspecified atom stereocenters. The normalized spacial score (nSPS) is 33.3. The molecule has 0 spiro atoms. The maximum Gasteiger partial charge on any atom is 0.321 e. The Balaban J connectivity index is 1.81. The summed E-state index contributed by atoms with van der Waals surface area (Å²) < 4.78 is 9.40. The summed E-state index contributed by atoms with van der Waals surface area (Å²) in [6, 6.07) is 7.21. The van der Waals surface area contributed by atoms with Crippen LogP contribution >= 0.6 is 0 Å². The van der Waals surface area contributed by atoms with E-state index in [1.54, 1.807) is 12.1 Å². The summed E-state index contributed by atoms with van der Waals surface area (Å²) in [6.45, 7) is 0. The van der Waals surface area contributed by atoms with Crippen LogP contribution in [0.2, 0.25) is 0 Å². The molecule has 2 heterocycles. The van der Waals surface area contributed by atoms with Crippen molar-refractivity contribution in [2.75, 3.05) is 0 Å². The Bertz CT molecular complexity index is 721. The third-order valence-electron chi connectivity index (χ3n) is 4.79. The molecule has 2 fully saturated rings. The highest BCUT2D eigenvalue weighted by molar-refractivity contribution is 6.01. The summed E-state index contributed by atoms with van der Waals surface area (Å²) in [5.41, 5.74) is 1.54. The van der Waals surface area contributed by atoms with Crippen molar-refractivity contribution in [3.05, 3.63) is 35.4 Å².